The second-order valence-corrected chi connectivity index (χ2v) is 11.0. The smallest absolute Gasteiger partial charge is 0.343 e. The number of carbonyl (C=O) groups is 1. The molecule has 23 heavy (non-hydrogen) atoms. The third-order valence-corrected chi connectivity index (χ3v) is 3.89. The van der Waals surface area contributed by atoms with Gasteiger partial charge in [0.15, 0.2) is 0 Å². The number of aliphatic hydroxyl groups excluding tert-OH is 1. The Kier molecular flexibility index (Phi) is 5.38. The van der Waals surface area contributed by atoms with E-state index >= 15 is 0 Å². The Labute approximate surface area is 137 Å². The summed E-state index contributed by atoms with van der Waals surface area (Å²) in [5.74, 6) is 3.11. The molecule has 3 nitrogen and oxygen atoms in total. The van der Waals surface area contributed by atoms with Gasteiger partial charge in [0.1, 0.15) is 13.8 Å². The van der Waals surface area contributed by atoms with Gasteiger partial charge in [0.05, 0.1) is 17.7 Å². The third-order valence-electron chi connectivity index (χ3n) is 3.01. The molecule has 2 rings (SSSR count). The number of esters is 1. The normalized spacial score (nSPS) is 10.6. The SMILES string of the molecule is C[Si](C)(C)C#Cc1cc(CO)ccc1OC(=O)c1ccccc1. The van der Waals surface area contributed by atoms with Gasteiger partial charge < -0.3 is 9.84 Å². The summed E-state index contributed by atoms with van der Waals surface area (Å²) in [7, 11) is -1.56. The molecule has 1 N–H and O–H groups in total. The van der Waals surface area contributed by atoms with Crippen molar-refractivity contribution in [3.8, 4) is 17.2 Å². The van der Waals surface area contributed by atoms with Crippen LogP contribution < -0.4 is 4.74 Å². The lowest BCUT2D eigenvalue weighted by Crippen LogP contribution is -2.16. The van der Waals surface area contributed by atoms with E-state index in [9.17, 15) is 9.90 Å². The average Bonchev–Trinajstić information content (AvgIpc) is 2.54. The summed E-state index contributed by atoms with van der Waals surface area (Å²) in [6.07, 6.45) is 0. The van der Waals surface area contributed by atoms with Crippen molar-refractivity contribution in [1.82, 2.24) is 0 Å². The van der Waals surface area contributed by atoms with Crippen LogP contribution in [0.2, 0.25) is 19.6 Å². The van der Waals surface area contributed by atoms with Crippen molar-refractivity contribution in [2.45, 2.75) is 26.2 Å². The predicted octanol–water partition coefficient (Wildman–Crippen LogP) is 3.63. The van der Waals surface area contributed by atoms with Gasteiger partial charge in [-0.1, -0.05) is 49.8 Å². The fraction of sp³-hybridized carbons (Fsp3) is 0.211. The maximum absolute atomic E-state index is 12.2. The summed E-state index contributed by atoms with van der Waals surface area (Å²) < 4.78 is 5.49. The monoisotopic (exact) mass is 324 g/mol. The molecule has 0 aliphatic rings. The van der Waals surface area contributed by atoms with Crippen molar-refractivity contribution in [2.75, 3.05) is 0 Å². The molecule has 0 bridgehead atoms. The molecule has 0 aromatic heterocycles. The molecule has 0 atom stereocenters. The number of ether oxygens (including phenoxy) is 1. The van der Waals surface area contributed by atoms with Gasteiger partial charge in [0.2, 0.25) is 0 Å². The maximum atomic E-state index is 12.2. The van der Waals surface area contributed by atoms with Gasteiger partial charge >= 0.3 is 5.97 Å². The first kappa shape index (κ1) is 17.0. The van der Waals surface area contributed by atoms with Crippen molar-refractivity contribution in [3.63, 3.8) is 0 Å². The number of hydrogen-bond acceptors (Lipinski definition) is 3. The average molecular weight is 324 g/mol. The molecular formula is C19H20O3Si. The first-order valence-electron chi connectivity index (χ1n) is 7.43. The molecule has 0 aliphatic carbocycles. The molecular weight excluding hydrogens is 304 g/mol. The Morgan fingerprint density at radius 2 is 1.83 bits per heavy atom. The van der Waals surface area contributed by atoms with Crippen LogP contribution in [0.3, 0.4) is 0 Å². The summed E-state index contributed by atoms with van der Waals surface area (Å²) in [5.41, 5.74) is 5.12. The van der Waals surface area contributed by atoms with Gasteiger partial charge in [-0.15, -0.1) is 5.54 Å². The second-order valence-electron chi connectivity index (χ2n) is 6.24. The van der Waals surface area contributed by atoms with Crippen molar-refractivity contribution in [2.24, 2.45) is 0 Å². The largest absolute Gasteiger partial charge is 0.422 e. The van der Waals surface area contributed by atoms with Crippen molar-refractivity contribution >= 4 is 14.0 Å². The molecule has 2 aromatic rings. The lowest BCUT2D eigenvalue weighted by atomic mass is 10.1. The predicted molar refractivity (Wildman–Crippen MR) is 94.0 cm³/mol. The second kappa shape index (κ2) is 7.27. The van der Waals surface area contributed by atoms with Crippen LogP contribution >= 0.6 is 0 Å². The van der Waals surface area contributed by atoms with Gasteiger partial charge in [-0.2, -0.15) is 0 Å². The number of carbonyl (C=O) groups excluding carboxylic acids is 1. The number of rotatable bonds is 3. The molecule has 0 fully saturated rings. The minimum Gasteiger partial charge on any atom is -0.422 e. The lowest BCUT2D eigenvalue weighted by Gasteiger charge is -2.09. The van der Waals surface area contributed by atoms with E-state index < -0.39 is 14.0 Å². The van der Waals surface area contributed by atoms with E-state index in [0.717, 1.165) is 5.56 Å². The van der Waals surface area contributed by atoms with Crippen molar-refractivity contribution < 1.29 is 14.6 Å². The van der Waals surface area contributed by atoms with E-state index in [2.05, 4.69) is 31.1 Å². The van der Waals surface area contributed by atoms with Crippen LogP contribution in [0, 0.1) is 11.5 Å². The van der Waals surface area contributed by atoms with Gasteiger partial charge in [-0.3, -0.25) is 0 Å². The number of benzene rings is 2. The lowest BCUT2D eigenvalue weighted by molar-refractivity contribution is 0.0734. The van der Waals surface area contributed by atoms with Gasteiger partial charge in [0.25, 0.3) is 0 Å². The quantitative estimate of drug-likeness (QED) is 0.406. The van der Waals surface area contributed by atoms with Gasteiger partial charge in [-0.05, 0) is 29.8 Å². The Balaban J connectivity index is 2.33. The molecule has 0 heterocycles. The van der Waals surface area contributed by atoms with Crippen LogP contribution in [0.15, 0.2) is 48.5 Å². The van der Waals surface area contributed by atoms with E-state index in [-0.39, 0.29) is 6.61 Å². The van der Waals surface area contributed by atoms with E-state index in [1.807, 2.05) is 6.07 Å². The summed E-state index contributed by atoms with van der Waals surface area (Å²) in [4.78, 5) is 12.2. The highest BCUT2D eigenvalue weighted by molar-refractivity contribution is 6.83. The van der Waals surface area contributed by atoms with E-state index in [0.29, 0.717) is 16.9 Å². The van der Waals surface area contributed by atoms with Crippen LogP contribution in [-0.4, -0.2) is 19.1 Å². The Morgan fingerprint density at radius 1 is 1.13 bits per heavy atom. The number of hydrogen-bond donors (Lipinski definition) is 1. The van der Waals surface area contributed by atoms with Crippen LogP contribution in [0.4, 0.5) is 0 Å². The van der Waals surface area contributed by atoms with Gasteiger partial charge in [-0.25, -0.2) is 4.79 Å². The standard InChI is InChI=1S/C19H20O3Si/c1-23(2,3)12-11-17-13-15(14-20)9-10-18(17)22-19(21)16-7-5-4-6-8-16/h4-10,13,20H,14H2,1-3H3. The van der Waals surface area contributed by atoms with Crippen LogP contribution in [-0.2, 0) is 6.61 Å². The highest BCUT2D eigenvalue weighted by atomic mass is 28.3. The fourth-order valence-electron chi connectivity index (χ4n) is 1.85. The molecule has 0 saturated carbocycles. The molecule has 4 heteroatoms. The first-order chi connectivity index (χ1) is 10.9. The van der Waals surface area contributed by atoms with E-state index in [4.69, 9.17) is 4.74 Å². The highest BCUT2D eigenvalue weighted by Gasteiger charge is 2.12. The Bertz CT molecular complexity index is 750. The summed E-state index contributed by atoms with van der Waals surface area (Å²) in [6.45, 7) is 6.36. The fourth-order valence-corrected chi connectivity index (χ4v) is 2.36. The molecule has 0 amide bonds. The van der Waals surface area contributed by atoms with Crippen LogP contribution in [0.1, 0.15) is 21.5 Å². The topological polar surface area (TPSA) is 46.5 Å². The Hall–Kier alpha value is -2.35. The minimum absolute atomic E-state index is 0.0749. The molecule has 0 saturated heterocycles. The molecule has 0 spiro atoms. The molecule has 0 aliphatic heterocycles. The van der Waals surface area contributed by atoms with Crippen molar-refractivity contribution in [3.05, 3.63) is 65.2 Å². The van der Waals surface area contributed by atoms with Gasteiger partial charge in [0, 0.05) is 0 Å². The number of aliphatic hydroxyl groups is 1. The highest BCUT2D eigenvalue weighted by Crippen LogP contribution is 2.21. The van der Waals surface area contributed by atoms with Crippen LogP contribution in [0.5, 0.6) is 5.75 Å². The zero-order valence-corrected chi connectivity index (χ0v) is 14.6. The molecule has 0 unspecified atom stereocenters. The zero-order valence-electron chi connectivity index (χ0n) is 13.6. The molecule has 118 valence electrons. The van der Waals surface area contributed by atoms with E-state index in [1.54, 1.807) is 42.5 Å². The summed E-state index contributed by atoms with van der Waals surface area (Å²) in [5, 5.41) is 9.29. The maximum Gasteiger partial charge on any atom is 0.343 e. The first-order valence-corrected chi connectivity index (χ1v) is 10.9. The third kappa shape index (κ3) is 5.10. The van der Waals surface area contributed by atoms with Crippen molar-refractivity contribution in [1.29, 1.82) is 0 Å². The Morgan fingerprint density at radius 3 is 2.43 bits per heavy atom. The van der Waals surface area contributed by atoms with E-state index in [1.165, 1.54) is 0 Å². The minimum atomic E-state index is -1.56. The zero-order chi connectivity index (χ0) is 16.9. The summed E-state index contributed by atoms with van der Waals surface area (Å²) >= 11 is 0. The molecule has 2 aromatic carbocycles. The molecule has 0 radical (unpaired) electrons. The summed E-state index contributed by atoms with van der Waals surface area (Å²) in [6, 6.07) is 14.0. The van der Waals surface area contributed by atoms with Crippen LogP contribution in [0.25, 0.3) is 0 Å².